The summed E-state index contributed by atoms with van der Waals surface area (Å²) >= 11 is 0. The van der Waals surface area contributed by atoms with Crippen LogP contribution in [0.4, 0.5) is 0 Å². The van der Waals surface area contributed by atoms with Crippen molar-refractivity contribution in [3.05, 3.63) is 58.5 Å². The standard InChI is InChI=1S/C18H21N3O.ClH.2H2O/c1-12-9-18-16(15-5-3-4-6-17(15)21(18)22)10-14(12)11-20-8-7-19-13(20)2;;;/h3-4,6-8,12,14H,5,9-11H2,1-2H3;1H;2*1H2. The summed E-state index contributed by atoms with van der Waals surface area (Å²) in [4.78, 5) is 4.32. The van der Waals surface area contributed by atoms with Gasteiger partial charge in [0.2, 0.25) is 5.70 Å². The van der Waals surface area contributed by atoms with Crippen molar-refractivity contribution in [2.24, 2.45) is 11.8 Å². The van der Waals surface area contributed by atoms with E-state index in [4.69, 9.17) is 0 Å². The van der Waals surface area contributed by atoms with Crippen LogP contribution in [0.2, 0.25) is 0 Å². The van der Waals surface area contributed by atoms with Crippen molar-refractivity contribution in [2.45, 2.75) is 39.7 Å². The lowest BCUT2D eigenvalue weighted by Crippen LogP contribution is -2.30. The molecule has 6 nitrogen and oxygen atoms in total. The SMILES string of the molecule is Cc1nccn1CC1CC2=C3CC=CC=C3[N+]([O-])=C2CC1C.Cl.O.O. The van der Waals surface area contributed by atoms with Gasteiger partial charge in [0.15, 0.2) is 5.71 Å². The van der Waals surface area contributed by atoms with Crippen molar-refractivity contribution < 1.29 is 15.7 Å². The zero-order valence-electron chi connectivity index (χ0n) is 14.5. The van der Waals surface area contributed by atoms with Crippen molar-refractivity contribution in [1.82, 2.24) is 9.55 Å². The van der Waals surface area contributed by atoms with Gasteiger partial charge in [-0.1, -0.05) is 19.1 Å². The van der Waals surface area contributed by atoms with Crippen LogP contribution in [0.3, 0.4) is 0 Å². The molecule has 1 saturated carbocycles. The van der Waals surface area contributed by atoms with Crippen LogP contribution in [0.15, 0.2) is 47.5 Å². The molecule has 2 atom stereocenters. The molecular weight excluding hydrogens is 342 g/mol. The van der Waals surface area contributed by atoms with Gasteiger partial charge in [0, 0.05) is 42.6 Å². The average molecular weight is 368 g/mol. The fraction of sp³-hybridized carbons (Fsp3) is 0.444. The molecule has 25 heavy (non-hydrogen) atoms. The number of fused-ring (bicyclic) bond motifs is 2. The first-order valence-electron chi connectivity index (χ1n) is 8.05. The summed E-state index contributed by atoms with van der Waals surface area (Å²) in [6.45, 7) is 5.31. The average Bonchev–Trinajstić information content (AvgIpc) is 3.04. The Morgan fingerprint density at radius 3 is 2.72 bits per heavy atom. The lowest BCUT2D eigenvalue weighted by atomic mass is 9.75. The molecule has 138 valence electrons. The predicted octanol–water partition coefficient (Wildman–Crippen LogP) is 2.12. The van der Waals surface area contributed by atoms with Crippen LogP contribution < -0.4 is 0 Å². The number of allylic oxidation sites excluding steroid dienone is 5. The molecule has 1 aliphatic heterocycles. The zero-order chi connectivity index (χ0) is 15.3. The Bertz CT molecular complexity index is 761. The number of hydrogen-bond acceptors (Lipinski definition) is 2. The number of aromatic nitrogens is 2. The molecule has 2 aliphatic carbocycles. The molecule has 3 aliphatic rings. The van der Waals surface area contributed by atoms with Crippen molar-refractivity contribution in [1.29, 1.82) is 0 Å². The summed E-state index contributed by atoms with van der Waals surface area (Å²) in [6, 6.07) is 0. The molecule has 4 rings (SSSR count). The van der Waals surface area contributed by atoms with Crippen LogP contribution in [0.5, 0.6) is 0 Å². The molecule has 0 saturated heterocycles. The van der Waals surface area contributed by atoms with Crippen LogP contribution >= 0.6 is 12.4 Å². The molecule has 4 N–H and O–H groups in total. The molecule has 0 aromatic carbocycles. The van der Waals surface area contributed by atoms with E-state index in [2.05, 4.69) is 35.7 Å². The number of imidazole rings is 1. The fourth-order valence-corrected chi connectivity index (χ4v) is 3.94. The Kier molecular flexibility index (Phi) is 6.76. The van der Waals surface area contributed by atoms with Gasteiger partial charge in [0.05, 0.1) is 0 Å². The van der Waals surface area contributed by atoms with E-state index in [1.54, 1.807) is 0 Å². The molecule has 1 aromatic rings. The fourth-order valence-electron chi connectivity index (χ4n) is 3.94. The van der Waals surface area contributed by atoms with E-state index < -0.39 is 0 Å². The van der Waals surface area contributed by atoms with Gasteiger partial charge >= 0.3 is 0 Å². The number of hydroxylamine groups is 1. The van der Waals surface area contributed by atoms with Crippen LogP contribution in [-0.4, -0.2) is 31.0 Å². The first-order valence-corrected chi connectivity index (χ1v) is 8.05. The summed E-state index contributed by atoms with van der Waals surface area (Å²) in [5.41, 5.74) is 4.45. The molecule has 7 heteroatoms. The molecule has 0 radical (unpaired) electrons. The highest BCUT2D eigenvalue weighted by Gasteiger charge is 2.41. The zero-order valence-corrected chi connectivity index (χ0v) is 15.3. The Morgan fingerprint density at radius 1 is 1.28 bits per heavy atom. The van der Waals surface area contributed by atoms with E-state index in [-0.39, 0.29) is 23.4 Å². The van der Waals surface area contributed by atoms with E-state index in [1.165, 1.54) is 15.9 Å². The van der Waals surface area contributed by atoms with Gasteiger partial charge in [-0.05, 0) is 31.6 Å². The number of aryl methyl sites for hydroxylation is 1. The maximum absolute atomic E-state index is 12.5. The third-order valence-electron chi connectivity index (χ3n) is 5.34. The van der Waals surface area contributed by atoms with Gasteiger partial charge in [-0.25, -0.2) is 4.98 Å². The second kappa shape index (κ2) is 7.99. The van der Waals surface area contributed by atoms with Gasteiger partial charge in [-0.2, -0.15) is 4.74 Å². The molecule has 1 aromatic heterocycles. The third kappa shape index (κ3) is 3.42. The van der Waals surface area contributed by atoms with Gasteiger partial charge in [0.25, 0.3) is 0 Å². The van der Waals surface area contributed by atoms with Crippen LogP contribution in [0, 0.1) is 24.0 Å². The van der Waals surface area contributed by atoms with Crippen molar-refractivity contribution in [3.8, 4) is 0 Å². The summed E-state index contributed by atoms with van der Waals surface area (Å²) in [5, 5.41) is 12.5. The molecule has 0 amide bonds. The van der Waals surface area contributed by atoms with Crippen LogP contribution in [-0.2, 0) is 6.54 Å². The highest BCUT2D eigenvalue weighted by atomic mass is 35.5. The first-order chi connectivity index (χ1) is 10.6. The second-order valence-electron chi connectivity index (χ2n) is 6.65. The molecule has 1 fully saturated rings. The smallest absolute Gasteiger partial charge is 0.220 e. The quantitative estimate of drug-likeness (QED) is 0.589. The first kappa shape index (κ1) is 21.2. The van der Waals surface area contributed by atoms with E-state index in [9.17, 15) is 5.21 Å². The van der Waals surface area contributed by atoms with Crippen LogP contribution in [0.1, 0.15) is 32.0 Å². The van der Waals surface area contributed by atoms with E-state index >= 15 is 0 Å². The molecule has 2 unspecified atom stereocenters. The summed E-state index contributed by atoms with van der Waals surface area (Å²) in [7, 11) is 0. The minimum absolute atomic E-state index is 0. The maximum Gasteiger partial charge on any atom is 0.220 e. The Hall–Kier alpha value is -1.89. The summed E-state index contributed by atoms with van der Waals surface area (Å²) in [5.74, 6) is 2.15. The number of nitrogens with zero attached hydrogens (tertiary/aromatic N) is 3. The third-order valence-corrected chi connectivity index (χ3v) is 5.34. The van der Waals surface area contributed by atoms with Crippen LogP contribution in [0.25, 0.3) is 0 Å². The van der Waals surface area contributed by atoms with E-state index in [0.717, 1.165) is 43.0 Å². The van der Waals surface area contributed by atoms with E-state index in [1.807, 2.05) is 18.3 Å². The van der Waals surface area contributed by atoms with Crippen molar-refractivity contribution in [2.75, 3.05) is 0 Å². The normalized spacial score (nSPS) is 23.8. The maximum atomic E-state index is 12.5. The summed E-state index contributed by atoms with van der Waals surface area (Å²) in [6.07, 6.45) is 12.8. The highest BCUT2D eigenvalue weighted by molar-refractivity contribution is 6.01. The van der Waals surface area contributed by atoms with Gasteiger partial charge in [-0.3, -0.25) is 0 Å². The number of hydrogen-bond donors (Lipinski definition) is 0. The predicted molar refractivity (Wildman–Crippen MR) is 101 cm³/mol. The minimum atomic E-state index is 0. The van der Waals surface area contributed by atoms with Gasteiger partial charge in [-0.15, -0.1) is 12.4 Å². The Morgan fingerprint density at radius 2 is 2.04 bits per heavy atom. The molecule has 2 heterocycles. The Balaban J connectivity index is 0.00000104. The van der Waals surface area contributed by atoms with E-state index in [0.29, 0.717) is 11.8 Å². The highest BCUT2D eigenvalue weighted by Crippen LogP contribution is 2.41. The second-order valence-corrected chi connectivity index (χ2v) is 6.65. The number of halogens is 1. The lowest BCUT2D eigenvalue weighted by molar-refractivity contribution is -0.395. The van der Waals surface area contributed by atoms with Gasteiger partial charge in [0.1, 0.15) is 5.82 Å². The topological polar surface area (TPSA) is 107 Å². The largest absolute Gasteiger partial charge is 0.618 e. The monoisotopic (exact) mass is 367 g/mol. The van der Waals surface area contributed by atoms with Crippen molar-refractivity contribution in [3.63, 3.8) is 0 Å². The number of rotatable bonds is 2. The molecule has 0 bridgehead atoms. The lowest BCUT2D eigenvalue weighted by Gasteiger charge is -2.29. The minimum Gasteiger partial charge on any atom is -0.618 e. The summed E-state index contributed by atoms with van der Waals surface area (Å²) < 4.78 is 3.42. The molecular formula is C18H26ClN3O3. The Labute approximate surface area is 153 Å². The molecule has 0 spiro atoms. The van der Waals surface area contributed by atoms with Crippen molar-refractivity contribution >= 4 is 18.1 Å². The van der Waals surface area contributed by atoms with Gasteiger partial charge < -0.3 is 20.7 Å².